The molecule has 0 spiro atoms. The lowest BCUT2D eigenvalue weighted by atomic mass is 10.0. The van der Waals surface area contributed by atoms with Crippen LogP contribution < -0.4 is 15.2 Å². The molecule has 2 heterocycles. The van der Waals surface area contributed by atoms with Gasteiger partial charge in [-0.15, -0.1) is 0 Å². The molecular formula is C26H24F3N3O4. The Morgan fingerprint density at radius 3 is 2.64 bits per heavy atom. The summed E-state index contributed by atoms with van der Waals surface area (Å²) in [5.41, 5.74) is 0.278. The number of aromatic nitrogens is 1. The van der Waals surface area contributed by atoms with Crippen LogP contribution in [0.25, 0.3) is 0 Å². The zero-order valence-corrected chi connectivity index (χ0v) is 19.4. The highest BCUT2D eigenvalue weighted by atomic mass is 19.2. The molecule has 0 saturated carbocycles. The minimum absolute atomic E-state index is 0.0691. The summed E-state index contributed by atoms with van der Waals surface area (Å²) < 4.78 is 47.3. The number of hydrogen-bond acceptors (Lipinski definition) is 5. The van der Waals surface area contributed by atoms with E-state index < -0.39 is 41.4 Å². The molecule has 0 unspecified atom stereocenters. The largest absolute Gasteiger partial charge is 0.502 e. The average Bonchev–Trinajstić information content (AvgIpc) is 2.88. The van der Waals surface area contributed by atoms with Crippen molar-refractivity contribution >= 4 is 5.91 Å². The maximum Gasteiger partial charge on any atom is 0.278 e. The Morgan fingerprint density at radius 1 is 1.08 bits per heavy atom. The Bertz CT molecular complexity index is 1360. The van der Waals surface area contributed by atoms with Crippen LogP contribution in [0.5, 0.6) is 11.5 Å². The van der Waals surface area contributed by atoms with Gasteiger partial charge in [0.1, 0.15) is 20.0 Å². The fourth-order valence-electron chi connectivity index (χ4n) is 4.06. The molecule has 1 N–H and O–H groups in total. The number of ether oxygens (including phenoxy) is 1. The third-order valence-electron chi connectivity index (χ3n) is 5.98. The number of carbonyl (C=O) groups is 1. The Hall–Kier alpha value is -4.21. The molecular weight excluding hydrogens is 475 g/mol. The van der Waals surface area contributed by atoms with E-state index in [1.807, 2.05) is 6.92 Å². The van der Waals surface area contributed by atoms with Gasteiger partial charge < -0.3 is 14.7 Å². The Morgan fingerprint density at radius 2 is 1.86 bits per heavy atom. The van der Waals surface area contributed by atoms with E-state index in [2.05, 4.69) is 0 Å². The molecule has 1 aromatic heterocycles. The Labute approximate surface area is 205 Å². The Balaban J connectivity index is 1.56. The zero-order valence-electron chi connectivity index (χ0n) is 19.4. The number of alkyl halides is 1. The van der Waals surface area contributed by atoms with Crippen LogP contribution in [-0.2, 0) is 6.67 Å². The summed E-state index contributed by atoms with van der Waals surface area (Å²) in [6, 6.07) is 11.3. The van der Waals surface area contributed by atoms with Gasteiger partial charge in [-0.05, 0) is 36.3 Å². The van der Waals surface area contributed by atoms with Crippen molar-refractivity contribution in [3.05, 3.63) is 106 Å². The summed E-state index contributed by atoms with van der Waals surface area (Å²) in [5.74, 6) is -3.61. The number of halogens is 3. The molecule has 1 aliphatic heterocycles. The lowest BCUT2D eigenvalue weighted by Gasteiger charge is -2.42. The molecule has 1 aliphatic rings. The normalized spacial score (nSPS) is 14.3. The summed E-state index contributed by atoms with van der Waals surface area (Å²) in [6.45, 7) is 1.23. The van der Waals surface area contributed by atoms with Crippen LogP contribution in [0.4, 0.5) is 13.2 Å². The van der Waals surface area contributed by atoms with Gasteiger partial charge in [-0.1, -0.05) is 36.4 Å². The first-order valence-corrected chi connectivity index (χ1v) is 11.2. The van der Waals surface area contributed by atoms with E-state index in [1.165, 1.54) is 34.0 Å². The Kier molecular flexibility index (Phi) is 7.33. The van der Waals surface area contributed by atoms with Crippen molar-refractivity contribution < 1.29 is 27.8 Å². The van der Waals surface area contributed by atoms with E-state index in [0.29, 0.717) is 11.1 Å². The summed E-state index contributed by atoms with van der Waals surface area (Å²) >= 11 is 0. The second-order valence-corrected chi connectivity index (χ2v) is 8.17. The molecule has 2 aromatic carbocycles. The van der Waals surface area contributed by atoms with Crippen LogP contribution in [-0.4, -0.2) is 40.4 Å². The lowest BCUT2D eigenvalue weighted by molar-refractivity contribution is 0.0699. The van der Waals surface area contributed by atoms with Gasteiger partial charge in [0.15, 0.2) is 23.0 Å². The molecule has 0 radical (unpaired) electrons. The van der Waals surface area contributed by atoms with Crippen LogP contribution in [0.1, 0.15) is 34.6 Å². The van der Waals surface area contributed by atoms with Crippen molar-refractivity contribution in [2.45, 2.75) is 19.6 Å². The molecule has 1 amide bonds. The van der Waals surface area contributed by atoms with Gasteiger partial charge >= 0.3 is 0 Å². The van der Waals surface area contributed by atoms with Gasteiger partial charge in [-0.3, -0.25) is 19.3 Å². The van der Waals surface area contributed by atoms with Gasteiger partial charge in [0.2, 0.25) is 11.2 Å². The number of pyridine rings is 1. The van der Waals surface area contributed by atoms with Gasteiger partial charge in [-0.2, -0.15) is 4.39 Å². The minimum Gasteiger partial charge on any atom is -0.502 e. The SMILES string of the molecule is C[C@H](c1ccccc1CF)N1CN(C/C=C\COc2cccc(F)c2F)C(=O)c2c(O)c(=O)ccn21. The second-order valence-electron chi connectivity index (χ2n) is 8.17. The first kappa shape index (κ1) is 24.9. The molecule has 4 rings (SSSR count). The monoisotopic (exact) mass is 499 g/mol. The summed E-state index contributed by atoms with van der Waals surface area (Å²) in [4.78, 5) is 26.6. The van der Waals surface area contributed by atoms with Gasteiger partial charge in [0.25, 0.3) is 5.91 Å². The fraction of sp³-hybridized carbons (Fsp3) is 0.231. The van der Waals surface area contributed by atoms with Crippen LogP contribution >= 0.6 is 0 Å². The number of amides is 1. The molecule has 3 aromatic rings. The van der Waals surface area contributed by atoms with E-state index in [4.69, 9.17) is 4.74 Å². The highest BCUT2D eigenvalue weighted by Gasteiger charge is 2.34. The zero-order chi connectivity index (χ0) is 25.8. The fourth-order valence-corrected chi connectivity index (χ4v) is 4.06. The number of hydrogen-bond donors (Lipinski definition) is 1. The summed E-state index contributed by atoms with van der Waals surface area (Å²) in [6.07, 6.45) is 4.54. The van der Waals surface area contributed by atoms with E-state index in [1.54, 1.807) is 35.4 Å². The number of nitrogens with zero attached hydrogens (tertiary/aromatic N) is 3. The number of carbonyl (C=O) groups excluding carboxylic acids is 1. The standard InChI is InChI=1S/C26H24F3N3O4/c1-17(19-8-3-2-7-18(19)15-27)32-16-30(26(35)24-25(34)21(33)11-13-31(24)32)12-4-5-14-36-22-10-6-9-20(28)23(22)29/h2-11,13,17,34H,12,14-16H2,1H3/b5-4-/t17-/m1/s1. The van der Waals surface area contributed by atoms with E-state index in [9.17, 15) is 27.9 Å². The van der Waals surface area contributed by atoms with Crippen molar-refractivity contribution in [1.29, 1.82) is 0 Å². The van der Waals surface area contributed by atoms with Crippen LogP contribution in [0.2, 0.25) is 0 Å². The van der Waals surface area contributed by atoms with Gasteiger partial charge in [0, 0.05) is 18.8 Å². The van der Waals surface area contributed by atoms with E-state index >= 15 is 0 Å². The topological polar surface area (TPSA) is 75.0 Å². The maximum absolute atomic E-state index is 13.7. The first-order chi connectivity index (χ1) is 17.3. The van der Waals surface area contributed by atoms with Crippen molar-refractivity contribution in [2.24, 2.45) is 0 Å². The smallest absolute Gasteiger partial charge is 0.278 e. The van der Waals surface area contributed by atoms with Crippen molar-refractivity contribution in [2.75, 3.05) is 24.8 Å². The minimum atomic E-state index is -1.09. The van der Waals surface area contributed by atoms with Crippen molar-refractivity contribution in [1.82, 2.24) is 9.58 Å². The molecule has 1 atom stereocenters. The third kappa shape index (κ3) is 4.79. The third-order valence-corrected chi connectivity index (χ3v) is 5.98. The van der Waals surface area contributed by atoms with Gasteiger partial charge in [0.05, 0.1) is 6.04 Å². The predicted octanol–water partition coefficient (Wildman–Crippen LogP) is 4.05. The first-order valence-electron chi connectivity index (χ1n) is 11.2. The molecule has 0 saturated heterocycles. The molecule has 0 fully saturated rings. The predicted molar refractivity (Wildman–Crippen MR) is 127 cm³/mol. The summed E-state index contributed by atoms with van der Waals surface area (Å²) in [5, 5.41) is 12.1. The molecule has 7 nitrogen and oxygen atoms in total. The quantitative estimate of drug-likeness (QED) is 0.474. The number of fused-ring (bicyclic) bond motifs is 1. The molecule has 0 bridgehead atoms. The van der Waals surface area contributed by atoms with E-state index in [-0.39, 0.29) is 31.3 Å². The number of rotatable bonds is 8. The van der Waals surface area contributed by atoms with Crippen LogP contribution in [0.3, 0.4) is 0 Å². The molecule has 0 aliphatic carbocycles. The average molecular weight is 499 g/mol. The maximum atomic E-state index is 13.7. The van der Waals surface area contributed by atoms with E-state index in [0.717, 1.165) is 12.1 Å². The summed E-state index contributed by atoms with van der Waals surface area (Å²) in [7, 11) is 0. The van der Waals surface area contributed by atoms with Gasteiger partial charge in [-0.25, -0.2) is 8.78 Å². The van der Waals surface area contributed by atoms with Crippen molar-refractivity contribution in [3.8, 4) is 11.5 Å². The lowest BCUT2D eigenvalue weighted by Crippen LogP contribution is -2.54. The van der Waals surface area contributed by atoms with Crippen LogP contribution in [0, 0.1) is 11.6 Å². The number of aromatic hydroxyl groups is 1. The highest BCUT2D eigenvalue weighted by molar-refractivity contribution is 5.96. The molecule has 188 valence electrons. The molecule has 10 heteroatoms. The van der Waals surface area contributed by atoms with Crippen LogP contribution in [0.15, 0.2) is 71.7 Å². The second kappa shape index (κ2) is 10.6. The highest BCUT2D eigenvalue weighted by Crippen LogP contribution is 2.29. The number of benzene rings is 2. The molecule has 36 heavy (non-hydrogen) atoms. The van der Waals surface area contributed by atoms with Crippen molar-refractivity contribution in [3.63, 3.8) is 0 Å².